The van der Waals surface area contributed by atoms with Crippen LogP contribution in [0.1, 0.15) is 40.2 Å². The Kier molecular flexibility index (Phi) is 4.30. The molecule has 0 bridgehead atoms. The molecule has 114 valence electrons. The smallest absolute Gasteiger partial charge is 0.477 e. The van der Waals surface area contributed by atoms with E-state index in [4.69, 9.17) is 19.8 Å². The summed E-state index contributed by atoms with van der Waals surface area (Å²) >= 11 is 0. The maximum atomic E-state index is 5.89. The molecule has 1 fully saturated rings. The maximum absolute atomic E-state index is 5.89. The number of anilines is 1. The van der Waals surface area contributed by atoms with Crippen LogP contribution in [-0.2, 0) is 9.31 Å². The normalized spacial score (nSPS) is 20.1. The van der Waals surface area contributed by atoms with E-state index in [2.05, 4.69) is 4.98 Å². The lowest BCUT2D eigenvalue weighted by molar-refractivity contribution is 0.00578. The van der Waals surface area contributed by atoms with Gasteiger partial charge in [0.05, 0.1) is 23.5 Å². The molecule has 0 aromatic carbocycles. The number of pyridine rings is 1. The maximum Gasteiger partial charge on any atom is 0.487 e. The summed E-state index contributed by atoms with van der Waals surface area (Å²) in [5.74, 6) is 2.33. The van der Waals surface area contributed by atoms with Gasteiger partial charge in [-0.25, -0.2) is 4.98 Å². The fourth-order valence-electron chi connectivity index (χ4n) is 1.99. The zero-order valence-electron chi connectivity index (χ0n) is 13.3. The topological polar surface area (TPSA) is 66.6 Å². The van der Waals surface area contributed by atoms with Crippen LogP contribution in [0.25, 0.3) is 6.08 Å². The highest BCUT2D eigenvalue weighted by atomic mass is 16.7. The lowest BCUT2D eigenvalue weighted by Gasteiger charge is -2.32. The molecule has 0 radical (unpaired) electrons. The van der Waals surface area contributed by atoms with Gasteiger partial charge in [-0.3, -0.25) is 0 Å². The molecule has 0 aliphatic carbocycles. The highest BCUT2D eigenvalue weighted by Crippen LogP contribution is 2.37. The second-order valence-electron chi connectivity index (χ2n) is 6.08. The van der Waals surface area contributed by atoms with Crippen LogP contribution < -0.4 is 10.5 Å². The van der Waals surface area contributed by atoms with Gasteiger partial charge in [0.2, 0.25) is 5.88 Å². The molecule has 0 saturated carbocycles. The lowest BCUT2D eigenvalue weighted by Crippen LogP contribution is -2.41. The fraction of sp³-hybridized carbons (Fsp3) is 0.533. The summed E-state index contributed by atoms with van der Waals surface area (Å²) in [4.78, 5) is 4.19. The third-order valence-electron chi connectivity index (χ3n) is 3.90. The van der Waals surface area contributed by atoms with Crippen molar-refractivity contribution >= 4 is 18.9 Å². The Hall–Kier alpha value is -1.53. The summed E-state index contributed by atoms with van der Waals surface area (Å²) in [6, 6.07) is 1.82. The molecule has 0 amide bonds. The van der Waals surface area contributed by atoms with E-state index in [0.717, 1.165) is 5.56 Å². The van der Waals surface area contributed by atoms with Gasteiger partial charge in [0, 0.05) is 6.20 Å². The van der Waals surface area contributed by atoms with Gasteiger partial charge in [-0.2, -0.15) is 0 Å². The molecule has 2 heterocycles. The minimum Gasteiger partial charge on any atom is -0.477 e. The summed E-state index contributed by atoms with van der Waals surface area (Å²) in [7, 11) is -0.372. The van der Waals surface area contributed by atoms with Crippen molar-refractivity contribution in [1.82, 2.24) is 4.98 Å². The van der Waals surface area contributed by atoms with E-state index >= 15 is 0 Å². The average Bonchev–Trinajstić information content (AvgIpc) is 2.58. The van der Waals surface area contributed by atoms with Crippen molar-refractivity contribution in [2.45, 2.75) is 45.8 Å². The molecule has 1 saturated heterocycles. The molecule has 2 N–H and O–H groups in total. The minimum absolute atomic E-state index is 0.335. The zero-order valence-corrected chi connectivity index (χ0v) is 13.3. The van der Waals surface area contributed by atoms with Gasteiger partial charge in [0.15, 0.2) is 0 Å². The molecule has 1 aliphatic heterocycles. The molecule has 1 aliphatic rings. The van der Waals surface area contributed by atoms with Gasteiger partial charge >= 0.3 is 7.12 Å². The van der Waals surface area contributed by atoms with Crippen LogP contribution in [0.15, 0.2) is 18.2 Å². The van der Waals surface area contributed by atoms with E-state index in [0.29, 0.717) is 18.2 Å². The van der Waals surface area contributed by atoms with Crippen molar-refractivity contribution in [2.24, 2.45) is 0 Å². The summed E-state index contributed by atoms with van der Waals surface area (Å²) < 4.78 is 17.1. The van der Waals surface area contributed by atoms with Crippen LogP contribution in [0.3, 0.4) is 0 Å². The van der Waals surface area contributed by atoms with E-state index in [9.17, 15) is 0 Å². The second kappa shape index (κ2) is 5.69. The Morgan fingerprint density at radius 3 is 2.43 bits per heavy atom. The summed E-state index contributed by atoms with van der Waals surface area (Å²) in [5, 5.41) is 0. The predicted octanol–water partition coefficient (Wildman–Crippen LogP) is 2.71. The van der Waals surface area contributed by atoms with Crippen LogP contribution >= 0.6 is 0 Å². The van der Waals surface area contributed by atoms with E-state index in [1.807, 2.05) is 52.7 Å². The Labute approximate surface area is 126 Å². The summed E-state index contributed by atoms with van der Waals surface area (Å²) in [6.07, 6.45) is 3.60. The van der Waals surface area contributed by atoms with Gasteiger partial charge in [0.1, 0.15) is 0 Å². The first-order chi connectivity index (χ1) is 9.75. The van der Waals surface area contributed by atoms with Crippen molar-refractivity contribution in [2.75, 3.05) is 12.3 Å². The van der Waals surface area contributed by atoms with Gasteiger partial charge in [0.25, 0.3) is 0 Å². The predicted molar refractivity (Wildman–Crippen MR) is 84.9 cm³/mol. The summed E-state index contributed by atoms with van der Waals surface area (Å²) in [5.41, 5.74) is 6.62. The first kappa shape index (κ1) is 15.9. The number of nitrogen functional groups attached to an aromatic ring is 1. The molecular formula is C15H23BN2O3. The number of aromatic nitrogens is 1. The SMILES string of the molecule is CCOc1ncc(/C=C/B2OC(C)(C)C(C)(C)O2)cc1N. The number of ether oxygens (including phenoxy) is 1. The third-order valence-corrected chi connectivity index (χ3v) is 3.90. The molecular weight excluding hydrogens is 267 g/mol. The van der Waals surface area contributed by atoms with Gasteiger partial charge < -0.3 is 19.8 Å². The number of hydrogen-bond acceptors (Lipinski definition) is 5. The molecule has 0 spiro atoms. The number of nitrogens with zero attached hydrogens (tertiary/aromatic N) is 1. The molecule has 0 unspecified atom stereocenters. The van der Waals surface area contributed by atoms with Crippen molar-refractivity contribution < 1.29 is 14.0 Å². The van der Waals surface area contributed by atoms with Crippen molar-refractivity contribution in [1.29, 1.82) is 0 Å². The molecule has 2 rings (SSSR count). The second-order valence-corrected chi connectivity index (χ2v) is 6.08. The molecule has 6 heteroatoms. The van der Waals surface area contributed by atoms with E-state index < -0.39 is 0 Å². The Balaban J connectivity index is 2.07. The lowest BCUT2D eigenvalue weighted by atomic mass is 9.89. The molecule has 1 aromatic rings. The quantitative estimate of drug-likeness (QED) is 0.864. The third kappa shape index (κ3) is 3.39. The van der Waals surface area contributed by atoms with Gasteiger partial charge in [-0.1, -0.05) is 12.1 Å². The Morgan fingerprint density at radius 2 is 1.90 bits per heavy atom. The number of hydrogen-bond donors (Lipinski definition) is 1. The summed E-state index contributed by atoms with van der Waals surface area (Å²) in [6.45, 7) is 10.5. The van der Waals surface area contributed by atoms with Gasteiger partial charge in [-0.15, -0.1) is 0 Å². The van der Waals surface area contributed by atoms with E-state index in [-0.39, 0.29) is 18.3 Å². The van der Waals surface area contributed by atoms with Crippen molar-refractivity contribution in [3.05, 3.63) is 23.8 Å². The first-order valence-electron chi connectivity index (χ1n) is 7.17. The monoisotopic (exact) mass is 290 g/mol. The Morgan fingerprint density at radius 1 is 1.29 bits per heavy atom. The van der Waals surface area contributed by atoms with Crippen LogP contribution in [0.5, 0.6) is 5.88 Å². The van der Waals surface area contributed by atoms with Crippen LogP contribution in [0, 0.1) is 0 Å². The average molecular weight is 290 g/mol. The first-order valence-corrected chi connectivity index (χ1v) is 7.17. The number of nitrogens with two attached hydrogens (primary N) is 1. The fourth-order valence-corrected chi connectivity index (χ4v) is 1.99. The zero-order chi connectivity index (χ0) is 15.7. The van der Waals surface area contributed by atoms with Crippen LogP contribution in [-0.4, -0.2) is 29.9 Å². The molecule has 5 nitrogen and oxygen atoms in total. The minimum atomic E-state index is -0.372. The highest BCUT2D eigenvalue weighted by Gasteiger charge is 2.49. The standard InChI is InChI=1S/C15H23BN2O3/c1-6-19-13-12(17)9-11(10-18-13)7-8-16-20-14(2,3)15(4,5)21-16/h7-10H,6,17H2,1-5H3/b8-7+. The molecule has 1 aromatic heterocycles. The molecule has 21 heavy (non-hydrogen) atoms. The Bertz CT molecular complexity index is 528. The molecule has 0 atom stereocenters. The van der Waals surface area contributed by atoms with E-state index in [1.165, 1.54) is 0 Å². The van der Waals surface area contributed by atoms with Crippen molar-refractivity contribution in [3.8, 4) is 5.88 Å². The largest absolute Gasteiger partial charge is 0.487 e. The van der Waals surface area contributed by atoms with Crippen molar-refractivity contribution in [3.63, 3.8) is 0 Å². The highest BCUT2D eigenvalue weighted by molar-refractivity contribution is 6.52. The van der Waals surface area contributed by atoms with Gasteiger partial charge in [-0.05, 0) is 46.2 Å². The van der Waals surface area contributed by atoms with Crippen LogP contribution in [0.2, 0.25) is 0 Å². The van der Waals surface area contributed by atoms with E-state index in [1.54, 1.807) is 6.20 Å². The van der Waals surface area contributed by atoms with Crippen LogP contribution in [0.4, 0.5) is 5.69 Å². The number of rotatable bonds is 4.